The third kappa shape index (κ3) is 2.22. The number of methoxy groups -OCH3 is 1. The third-order valence-electron chi connectivity index (χ3n) is 2.43. The van der Waals surface area contributed by atoms with E-state index < -0.39 is 0 Å². The maximum absolute atomic E-state index is 11.8. The molecule has 1 fully saturated rings. The van der Waals surface area contributed by atoms with Gasteiger partial charge in [0.1, 0.15) is 0 Å². The van der Waals surface area contributed by atoms with Gasteiger partial charge in [0.15, 0.2) is 11.5 Å². The summed E-state index contributed by atoms with van der Waals surface area (Å²) in [5, 5.41) is 12.5. The lowest BCUT2D eigenvalue weighted by Gasteiger charge is -2.09. The smallest absolute Gasteiger partial charge is 0.253 e. The minimum atomic E-state index is -0.231. The summed E-state index contributed by atoms with van der Waals surface area (Å²) < 4.78 is 4.92. The van der Waals surface area contributed by atoms with Crippen LogP contribution in [0.1, 0.15) is 23.2 Å². The van der Waals surface area contributed by atoms with Gasteiger partial charge in [-0.1, -0.05) is 11.6 Å². The highest BCUT2D eigenvalue weighted by atomic mass is 35.5. The van der Waals surface area contributed by atoms with Gasteiger partial charge in [-0.15, -0.1) is 0 Å². The molecule has 0 heterocycles. The molecule has 1 aliphatic rings. The number of aromatic hydroxyl groups is 1. The molecule has 1 aromatic rings. The van der Waals surface area contributed by atoms with Crippen LogP contribution in [-0.4, -0.2) is 24.2 Å². The lowest BCUT2D eigenvalue weighted by atomic mass is 10.2. The van der Waals surface area contributed by atoms with Crippen LogP contribution in [0.2, 0.25) is 5.02 Å². The molecule has 0 aromatic heterocycles. The van der Waals surface area contributed by atoms with E-state index in [0.29, 0.717) is 5.56 Å². The van der Waals surface area contributed by atoms with Crippen molar-refractivity contribution < 1.29 is 14.6 Å². The molecule has 0 radical (unpaired) electrons. The summed E-state index contributed by atoms with van der Waals surface area (Å²) in [5.41, 5.74) is 0.322. The van der Waals surface area contributed by atoms with Gasteiger partial charge in [-0.2, -0.15) is 0 Å². The molecule has 1 aromatic carbocycles. The summed E-state index contributed by atoms with van der Waals surface area (Å²) >= 11 is 5.88. The van der Waals surface area contributed by atoms with E-state index in [9.17, 15) is 9.90 Å². The van der Waals surface area contributed by atoms with Gasteiger partial charge in [0.05, 0.1) is 17.7 Å². The Morgan fingerprint density at radius 1 is 1.56 bits per heavy atom. The molecule has 86 valence electrons. The van der Waals surface area contributed by atoms with E-state index in [1.165, 1.54) is 19.2 Å². The number of amides is 1. The van der Waals surface area contributed by atoms with Gasteiger partial charge in [-0.25, -0.2) is 0 Å². The number of hydrogen-bond donors (Lipinski definition) is 2. The molecule has 1 aliphatic carbocycles. The number of carbonyl (C=O) groups excluding carboxylic acids is 1. The fourth-order valence-corrected chi connectivity index (χ4v) is 1.61. The molecule has 0 unspecified atom stereocenters. The molecule has 2 rings (SSSR count). The maximum atomic E-state index is 11.8. The Labute approximate surface area is 98.2 Å². The number of hydrogen-bond acceptors (Lipinski definition) is 3. The molecule has 1 saturated carbocycles. The van der Waals surface area contributed by atoms with Crippen LogP contribution in [0.3, 0.4) is 0 Å². The van der Waals surface area contributed by atoms with E-state index >= 15 is 0 Å². The van der Waals surface area contributed by atoms with Crippen molar-refractivity contribution in [3.63, 3.8) is 0 Å². The molecule has 0 aliphatic heterocycles. The Morgan fingerprint density at radius 2 is 2.25 bits per heavy atom. The largest absolute Gasteiger partial charge is 0.504 e. The number of phenols is 1. The van der Waals surface area contributed by atoms with Crippen molar-refractivity contribution in [1.29, 1.82) is 0 Å². The van der Waals surface area contributed by atoms with Crippen molar-refractivity contribution in [2.75, 3.05) is 7.11 Å². The maximum Gasteiger partial charge on any atom is 0.253 e. The molecule has 0 saturated heterocycles. The fourth-order valence-electron chi connectivity index (χ4n) is 1.37. The lowest BCUT2D eigenvalue weighted by Crippen LogP contribution is -2.25. The number of nitrogens with one attached hydrogen (secondary N) is 1. The average molecular weight is 242 g/mol. The SMILES string of the molecule is COc1cc(C(=O)NC2CC2)c(Cl)cc1O. The molecular formula is C11H12ClNO3. The van der Waals surface area contributed by atoms with Crippen molar-refractivity contribution in [1.82, 2.24) is 5.32 Å². The van der Waals surface area contributed by atoms with E-state index in [1.54, 1.807) is 0 Å². The highest BCUT2D eigenvalue weighted by Gasteiger charge is 2.25. The quantitative estimate of drug-likeness (QED) is 0.850. The van der Waals surface area contributed by atoms with E-state index in [0.717, 1.165) is 12.8 Å². The summed E-state index contributed by atoms with van der Waals surface area (Å²) in [5.74, 6) is -0.0633. The molecule has 2 N–H and O–H groups in total. The van der Waals surface area contributed by atoms with Crippen LogP contribution in [0, 0.1) is 0 Å². The number of benzene rings is 1. The Hall–Kier alpha value is -1.42. The first-order valence-electron chi connectivity index (χ1n) is 4.99. The zero-order valence-electron chi connectivity index (χ0n) is 8.79. The van der Waals surface area contributed by atoms with E-state index in [1.807, 2.05) is 0 Å². The Balaban J connectivity index is 2.27. The first kappa shape index (κ1) is 11.1. The van der Waals surface area contributed by atoms with E-state index in [4.69, 9.17) is 16.3 Å². The standard InChI is InChI=1S/C11H12ClNO3/c1-16-10-4-7(8(12)5-9(10)14)11(15)13-6-2-3-6/h4-6,14H,2-3H2,1H3,(H,13,15). The number of carbonyl (C=O) groups is 1. The third-order valence-corrected chi connectivity index (χ3v) is 2.74. The van der Waals surface area contributed by atoms with Crippen molar-refractivity contribution in [2.24, 2.45) is 0 Å². The molecule has 0 spiro atoms. The summed E-state index contributed by atoms with van der Waals surface area (Å²) in [6.45, 7) is 0. The van der Waals surface area contributed by atoms with Crippen LogP contribution in [0.25, 0.3) is 0 Å². The van der Waals surface area contributed by atoms with Gasteiger partial charge in [-0.05, 0) is 18.9 Å². The molecule has 1 amide bonds. The van der Waals surface area contributed by atoms with Crippen LogP contribution in [0.4, 0.5) is 0 Å². The van der Waals surface area contributed by atoms with Crippen molar-refractivity contribution in [3.8, 4) is 11.5 Å². The van der Waals surface area contributed by atoms with Crippen LogP contribution >= 0.6 is 11.6 Å². The highest BCUT2D eigenvalue weighted by Crippen LogP contribution is 2.32. The Morgan fingerprint density at radius 3 is 2.81 bits per heavy atom. The van der Waals surface area contributed by atoms with Crippen LogP contribution in [0.5, 0.6) is 11.5 Å². The Bertz CT molecular complexity index is 429. The van der Waals surface area contributed by atoms with Crippen molar-refractivity contribution >= 4 is 17.5 Å². The number of phenolic OH excluding ortho intramolecular Hbond substituents is 1. The molecule has 16 heavy (non-hydrogen) atoms. The van der Waals surface area contributed by atoms with Gasteiger partial charge in [-0.3, -0.25) is 4.79 Å². The van der Waals surface area contributed by atoms with Gasteiger partial charge in [0, 0.05) is 12.1 Å². The summed E-state index contributed by atoms with van der Waals surface area (Å²) in [7, 11) is 1.42. The zero-order valence-corrected chi connectivity index (χ0v) is 9.54. The molecule has 4 nitrogen and oxygen atoms in total. The van der Waals surface area contributed by atoms with Gasteiger partial charge in [0.2, 0.25) is 0 Å². The molecule has 5 heteroatoms. The normalized spacial score (nSPS) is 14.6. The van der Waals surface area contributed by atoms with Crippen LogP contribution in [0.15, 0.2) is 12.1 Å². The summed E-state index contributed by atoms with van der Waals surface area (Å²) in [6, 6.07) is 3.01. The molecule has 0 atom stereocenters. The van der Waals surface area contributed by atoms with E-state index in [2.05, 4.69) is 5.32 Å². The second kappa shape index (κ2) is 4.22. The second-order valence-electron chi connectivity index (χ2n) is 3.75. The average Bonchev–Trinajstić information content (AvgIpc) is 3.01. The fraction of sp³-hybridized carbons (Fsp3) is 0.364. The minimum absolute atomic E-state index is 0.0736. The van der Waals surface area contributed by atoms with Gasteiger partial charge in [0.25, 0.3) is 5.91 Å². The number of rotatable bonds is 3. The van der Waals surface area contributed by atoms with Crippen molar-refractivity contribution in [3.05, 3.63) is 22.7 Å². The van der Waals surface area contributed by atoms with Crippen LogP contribution in [-0.2, 0) is 0 Å². The second-order valence-corrected chi connectivity index (χ2v) is 4.16. The summed E-state index contributed by atoms with van der Waals surface area (Å²) in [6.07, 6.45) is 2.02. The minimum Gasteiger partial charge on any atom is -0.504 e. The topological polar surface area (TPSA) is 58.6 Å². The first-order valence-corrected chi connectivity index (χ1v) is 5.37. The predicted molar refractivity (Wildman–Crippen MR) is 60.2 cm³/mol. The lowest BCUT2D eigenvalue weighted by molar-refractivity contribution is 0.0951. The predicted octanol–water partition coefficient (Wildman–Crippen LogP) is 1.95. The van der Waals surface area contributed by atoms with Gasteiger partial charge < -0.3 is 15.2 Å². The van der Waals surface area contributed by atoms with Crippen LogP contribution < -0.4 is 10.1 Å². The zero-order chi connectivity index (χ0) is 11.7. The first-order chi connectivity index (χ1) is 7.61. The monoisotopic (exact) mass is 241 g/mol. The number of ether oxygens (including phenoxy) is 1. The highest BCUT2D eigenvalue weighted by molar-refractivity contribution is 6.34. The van der Waals surface area contributed by atoms with E-state index in [-0.39, 0.29) is 28.5 Å². The summed E-state index contributed by atoms with van der Waals surface area (Å²) in [4.78, 5) is 11.8. The van der Waals surface area contributed by atoms with Crippen molar-refractivity contribution in [2.45, 2.75) is 18.9 Å². The Kier molecular flexibility index (Phi) is 2.92. The number of halogens is 1. The molecular weight excluding hydrogens is 230 g/mol. The van der Waals surface area contributed by atoms with Gasteiger partial charge >= 0.3 is 0 Å². The molecule has 0 bridgehead atoms.